The minimum absolute atomic E-state index is 0.0303. The predicted octanol–water partition coefficient (Wildman–Crippen LogP) is 1.01. The highest BCUT2D eigenvalue weighted by atomic mass is 19.1. The number of carbonyl (C=O) groups is 1. The lowest BCUT2D eigenvalue weighted by atomic mass is 10.0. The van der Waals surface area contributed by atoms with Crippen molar-refractivity contribution >= 4 is 5.91 Å². The Morgan fingerprint density at radius 2 is 2.21 bits per heavy atom. The highest BCUT2D eigenvalue weighted by Gasteiger charge is 2.10. The van der Waals surface area contributed by atoms with Gasteiger partial charge in [-0.15, -0.1) is 0 Å². The van der Waals surface area contributed by atoms with E-state index in [9.17, 15) is 9.18 Å². The number of amides is 1. The van der Waals surface area contributed by atoms with E-state index < -0.39 is 11.9 Å². The van der Waals surface area contributed by atoms with E-state index in [-0.39, 0.29) is 12.2 Å². The maximum Gasteiger partial charge on any atom is 0.219 e. The molecule has 14 heavy (non-hydrogen) atoms. The fourth-order valence-corrected chi connectivity index (χ4v) is 1.17. The van der Waals surface area contributed by atoms with Crippen LogP contribution in [-0.4, -0.2) is 5.91 Å². The van der Waals surface area contributed by atoms with Crippen molar-refractivity contribution in [2.45, 2.75) is 19.4 Å². The molecule has 0 spiro atoms. The van der Waals surface area contributed by atoms with Gasteiger partial charge in [-0.1, -0.05) is 12.1 Å². The summed E-state index contributed by atoms with van der Waals surface area (Å²) in [6.45, 7) is 1.67. The van der Waals surface area contributed by atoms with Crippen LogP contribution in [-0.2, 0) is 4.79 Å². The molecule has 0 aromatic heterocycles. The van der Waals surface area contributed by atoms with E-state index in [0.717, 1.165) is 0 Å². The summed E-state index contributed by atoms with van der Waals surface area (Å²) < 4.78 is 13.1. The van der Waals surface area contributed by atoms with Crippen molar-refractivity contribution in [2.75, 3.05) is 0 Å². The van der Waals surface area contributed by atoms with Crippen LogP contribution in [0.1, 0.15) is 23.6 Å². The van der Waals surface area contributed by atoms with E-state index in [1.807, 2.05) is 0 Å². The second kappa shape index (κ2) is 4.19. The molecule has 76 valence electrons. The van der Waals surface area contributed by atoms with Crippen LogP contribution in [0.2, 0.25) is 0 Å². The van der Waals surface area contributed by atoms with Gasteiger partial charge in [0.05, 0.1) is 0 Å². The molecule has 4 N–H and O–H groups in total. The Kier molecular flexibility index (Phi) is 3.19. The second-order valence-electron chi connectivity index (χ2n) is 3.29. The van der Waals surface area contributed by atoms with Crippen molar-refractivity contribution in [1.29, 1.82) is 0 Å². The number of carbonyl (C=O) groups excluding carboxylic acids is 1. The number of nitrogens with two attached hydrogens (primary N) is 2. The van der Waals surface area contributed by atoms with Gasteiger partial charge in [0.25, 0.3) is 0 Å². The molecule has 0 aliphatic heterocycles. The van der Waals surface area contributed by atoms with E-state index in [1.54, 1.807) is 19.1 Å². The molecular weight excluding hydrogens is 183 g/mol. The maximum absolute atomic E-state index is 13.1. The number of halogens is 1. The zero-order valence-electron chi connectivity index (χ0n) is 7.96. The Bertz CT molecular complexity index is 352. The molecule has 1 atom stereocenters. The van der Waals surface area contributed by atoms with Gasteiger partial charge in [-0.05, 0) is 24.1 Å². The first-order valence-corrected chi connectivity index (χ1v) is 4.30. The predicted molar refractivity (Wildman–Crippen MR) is 51.9 cm³/mol. The monoisotopic (exact) mass is 196 g/mol. The van der Waals surface area contributed by atoms with Gasteiger partial charge in [-0.3, -0.25) is 4.79 Å². The maximum atomic E-state index is 13.1. The first-order valence-electron chi connectivity index (χ1n) is 4.30. The summed E-state index contributed by atoms with van der Waals surface area (Å²) in [5.41, 5.74) is 11.8. The molecule has 1 aromatic carbocycles. The van der Waals surface area contributed by atoms with E-state index in [1.165, 1.54) is 6.07 Å². The van der Waals surface area contributed by atoms with Crippen LogP contribution >= 0.6 is 0 Å². The zero-order chi connectivity index (χ0) is 10.7. The molecule has 4 heteroatoms. The van der Waals surface area contributed by atoms with Crippen molar-refractivity contribution in [1.82, 2.24) is 0 Å². The van der Waals surface area contributed by atoms with E-state index in [2.05, 4.69) is 0 Å². The topological polar surface area (TPSA) is 69.1 Å². The third kappa shape index (κ3) is 2.53. The van der Waals surface area contributed by atoms with Gasteiger partial charge < -0.3 is 11.5 Å². The van der Waals surface area contributed by atoms with Gasteiger partial charge in [0.15, 0.2) is 0 Å². The smallest absolute Gasteiger partial charge is 0.219 e. The minimum Gasteiger partial charge on any atom is -0.370 e. The number of hydrogen-bond acceptors (Lipinski definition) is 2. The third-order valence-corrected chi connectivity index (χ3v) is 2.05. The molecule has 0 bridgehead atoms. The molecule has 0 radical (unpaired) electrons. The highest BCUT2D eigenvalue weighted by molar-refractivity contribution is 5.74. The first kappa shape index (κ1) is 10.7. The lowest BCUT2D eigenvalue weighted by molar-refractivity contribution is -0.118. The van der Waals surface area contributed by atoms with E-state index in [0.29, 0.717) is 11.1 Å². The number of primary amides is 1. The molecule has 0 aliphatic rings. The summed E-state index contributed by atoms with van der Waals surface area (Å²) in [4.78, 5) is 10.6. The molecule has 1 rings (SSSR count). The largest absolute Gasteiger partial charge is 0.370 e. The summed E-state index contributed by atoms with van der Waals surface area (Å²) in [5, 5.41) is 0. The fourth-order valence-electron chi connectivity index (χ4n) is 1.17. The van der Waals surface area contributed by atoms with Crippen LogP contribution in [0.4, 0.5) is 4.39 Å². The van der Waals surface area contributed by atoms with Crippen LogP contribution in [0.5, 0.6) is 0 Å². The molecule has 0 aliphatic carbocycles. The van der Waals surface area contributed by atoms with Gasteiger partial charge in [0.2, 0.25) is 5.91 Å². The van der Waals surface area contributed by atoms with Gasteiger partial charge in [-0.2, -0.15) is 0 Å². The van der Waals surface area contributed by atoms with Crippen molar-refractivity contribution in [3.05, 3.63) is 35.1 Å². The van der Waals surface area contributed by atoms with Crippen molar-refractivity contribution in [3.63, 3.8) is 0 Å². The van der Waals surface area contributed by atoms with Gasteiger partial charge >= 0.3 is 0 Å². The molecular formula is C10H13FN2O. The van der Waals surface area contributed by atoms with Gasteiger partial charge in [0, 0.05) is 12.5 Å². The molecule has 0 saturated carbocycles. The first-order chi connectivity index (χ1) is 6.50. The van der Waals surface area contributed by atoms with Crippen LogP contribution in [0, 0.1) is 12.7 Å². The SMILES string of the molecule is Cc1ccc([C@H](N)CC(N)=O)cc1F. The molecule has 0 heterocycles. The summed E-state index contributed by atoms with van der Waals surface area (Å²) >= 11 is 0. The highest BCUT2D eigenvalue weighted by Crippen LogP contribution is 2.16. The number of hydrogen-bond donors (Lipinski definition) is 2. The summed E-state index contributed by atoms with van der Waals surface area (Å²) in [7, 11) is 0. The Balaban J connectivity index is 2.85. The lowest BCUT2D eigenvalue weighted by Gasteiger charge is -2.10. The quantitative estimate of drug-likeness (QED) is 0.757. The molecule has 1 amide bonds. The Morgan fingerprint density at radius 3 is 2.71 bits per heavy atom. The van der Waals surface area contributed by atoms with Gasteiger partial charge in [-0.25, -0.2) is 4.39 Å². The van der Waals surface area contributed by atoms with Crippen LogP contribution in [0.15, 0.2) is 18.2 Å². The molecule has 0 unspecified atom stereocenters. The lowest BCUT2D eigenvalue weighted by Crippen LogP contribution is -2.20. The minimum atomic E-state index is -0.525. The standard InChI is InChI=1S/C10H13FN2O/c1-6-2-3-7(4-8(6)11)9(12)5-10(13)14/h2-4,9H,5,12H2,1H3,(H2,13,14)/t9-/m1/s1. The van der Waals surface area contributed by atoms with Crippen LogP contribution in [0.3, 0.4) is 0 Å². The molecule has 3 nitrogen and oxygen atoms in total. The van der Waals surface area contributed by atoms with Gasteiger partial charge in [0.1, 0.15) is 5.82 Å². The Hall–Kier alpha value is -1.42. The summed E-state index contributed by atoms with van der Waals surface area (Å²) in [6, 6.07) is 4.14. The number of rotatable bonds is 3. The second-order valence-corrected chi connectivity index (χ2v) is 3.29. The van der Waals surface area contributed by atoms with Crippen molar-refractivity contribution in [2.24, 2.45) is 11.5 Å². The normalized spacial score (nSPS) is 12.5. The average Bonchev–Trinajstić information content (AvgIpc) is 2.08. The average molecular weight is 196 g/mol. The van der Waals surface area contributed by atoms with E-state index >= 15 is 0 Å². The Labute approximate surface area is 81.9 Å². The van der Waals surface area contributed by atoms with Crippen molar-refractivity contribution in [3.8, 4) is 0 Å². The molecule has 0 fully saturated rings. The van der Waals surface area contributed by atoms with Crippen LogP contribution in [0.25, 0.3) is 0 Å². The van der Waals surface area contributed by atoms with Crippen molar-refractivity contribution < 1.29 is 9.18 Å². The van der Waals surface area contributed by atoms with E-state index in [4.69, 9.17) is 11.5 Å². The number of benzene rings is 1. The summed E-state index contributed by atoms with van der Waals surface area (Å²) in [5.74, 6) is -0.805. The summed E-state index contributed by atoms with van der Waals surface area (Å²) in [6.07, 6.45) is 0.0303. The third-order valence-electron chi connectivity index (χ3n) is 2.05. The molecule has 0 saturated heterocycles. The fraction of sp³-hybridized carbons (Fsp3) is 0.300. The van der Waals surface area contributed by atoms with Crippen LogP contribution < -0.4 is 11.5 Å². The zero-order valence-corrected chi connectivity index (χ0v) is 7.96. The number of aryl methyl sites for hydroxylation is 1. The molecule has 1 aromatic rings. The Morgan fingerprint density at radius 1 is 1.57 bits per heavy atom.